The first kappa shape index (κ1) is 18.9. The molecule has 0 aliphatic carbocycles. The van der Waals surface area contributed by atoms with Crippen molar-refractivity contribution in [1.82, 2.24) is 10.3 Å². The normalized spacial score (nSPS) is 10.6. The first-order valence-electron chi connectivity index (χ1n) is 7.95. The maximum Gasteiger partial charge on any atom is 0.341 e. The maximum atomic E-state index is 12.3. The molecule has 0 fully saturated rings. The topological polar surface area (TPSA) is 88.5 Å². The number of amides is 1. The van der Waals surface area contributed by atoms with E-state index in [4.69, 9.17) is 9.84 Å². The lowest BCUT2D eigenvalue weighted by atomic mass is 10.0. The Kier molecular flexibility index (Phi) is 6.14. The molecule has 0 unspecified atom stereocenters. The fraction of sp³-hybridized carbons (Fsp3) is 0.389. The summed E-state index contributed by atoms with van der Waals surface area (Å²) in [5.74, 6) is -0.682. The number of rotatable bonds is 7. The minimum atomic E-state index is -1.03. The molecule has 1 amide bonds. The van der Waals surface area contributed by atoms with Crippen LogP contribution >= 0.6 is 11.3 Å². The van der Waals surface area contributed by atoms with E-state index in [1.807, 2.05) is 13.8 Å². The standard InChI is InChI=1S/C18H22N2O4S/c1-10-7-14(8-11(2)17(10)24-9-16(21)22)18(23)19-6-5-15-12(3)20-13(4)25-15/h7-8H,5-6,9H2,1-4H3,(H,19,23)(H,21,22). The van der Waals surface area contributed by atoms with Crippen LogP contribution in [0, 0.1) is 27.7 Å². The lowest BCUT2D eigenvalue weighted by Gasteiger charge is -2.13. The van der Waals surface area contributed by atoms with Gasteiger partial charge in [-0.15, -0.1) is 11.3 Å². The van der Waals surface area contributed by atoms with Crippen LogP contribution in [0.15, 0.2) is 12.1 Å². The number of aromatic nitrogens is 1. The number of ether oxygens (including phenoxy) is 1. The van der Waals surface area contributed by atoms with Crippen LogP contribution in [0.1, 0.15) is 37.1 Å². The smallest absolute Gasteiger partial charge is 0.341 e. The fourth-order valence-corrected chi connectivity index (χ4v) is 3.58. The number of benzene rings is 1. The zero-order valence-electron chi connectivity index (χ0n) is 14.8. The van der Waals surface area contributed by atoms with Gasteiger partial charge in [0.05, 0.1) is 10.7 Å². The summed E-state index contributed by atoms with van der Waals surface area (Å²) in [6, 6.07) is 3.42. The van der Waals surface area contributed by atoms with Crippen LogP contribution < -0.4 is 10.1 Å². The number of carboxylic acid groups (broad SMARTS) is 1. The molecule has 0 radical (unpaired) electrons. The van der Waals surface area contributed by atoms with Crippen molar-refractivity contribution in [2.24, 2.45) is 0 Å². The Bertz CT molecular complexity index is 775. The van der Waals surface area contributed by atoms with Crippen molar-refractivity contribution in [1.29, 1.82) is 0 Å². The van der Waals surface area contributed by atoms with Crippen molar-refractivity contribution in [3.05, 3.63) is 44.4 Å². The third-order valence-electron chi connectivity index (χ3n) is 3.70. The zero-order valence-corrected chi connectivity index (χ0v) is 15.6. The highest BCUT2D eigenvalue weighted by molar-refractivity contribution is 7.11. The number of hydrogen-bond donors (Lipinski definition) is 2. The van der Waals surface area contributed by atoms with E-state index >= 15 is 0 Å². The number of hydrogen-bond acceptors (Lipinski definition) is 5. The lowest BCUT2D eigenvalue weighted by molar-refractivity contribution is -0.139. The van der Waals surface area contributed by atoms with Crippen molar-refractivity contribution >= 4 is 23.2 Å². The molecular weight excluding hydrogens is 340 g/mol. The van der Waals surface area contributed by atoms with Gasteiger partial charge in [-0.2, -0.15) is 0 Å². The first-order valence-corrected chi connectivity index (χ1v) is 8.76. The summed E-state index contributed by atoms with van der Waals surface area (Å²) in [5.41, 5.74) is 3.03. The summed E-state index contributed by atoms with van der Waals surface area (Å²) in [6.45, 7) is 7.68. The number of aliphatic carboxylic acids is 1. The van der Waals surface area contributed by atoms with Gasteiger partial charge in [-0.25, -0.2) is 9.78 Å². The number of carbonyl (C=O) groups excluding carboxylic acids is 1. The summed E-state index contributed by atoms with van der Waals surface area (Å²) < 4.78 is 5.28. The van der Waals surface area contributed by atoms with E-state index in [9.17, 15) is 9.59 Å². The molecule has 0 bridgehead atoms. The molecule has 2 aromatic rings. The van der Waals surface area contributed by atoms with Gasteiger partial charge in [-0.1, -0.05) is 0 Å². The maximum absolute atomic E-state index is 12.3. The highest BCUT2D eigenvalue weighted by atomic mass is 32.1. The SMILES string of the molecule is Cc1nc(C)c(CCNC(=O)c2cc(C)c(OCC(=O)O)c(C)c2)s1. The van der Waals surface area contributed by atoms with Crippen molar-refractivity contribution in [3.63, 3.8) is 0 Å². The van der Waals surface area contributed by atoms with E-state index in [0.29, 0.717) is 17.9 Å². The number of thiazole rings is 1. The summed E-state index contributed by atoms with van der Waals surface area (Å²) in [4.78, 5) is 28.5. The van der Waals surface area contributed by atoms with Gasteiger partial charge in [-0.3, -0.25) is 4.79 Å². The molecule has 0 saturated heterocycles. The number of nitrogens with zero attached hydrogens (tertiary/aromatic N) is 1. The van der Waals surface area contributed by atoms with Gasteiger partial charge in [0.2, 0.25) is 0 Å². The Labute approximate surface area is 150 Å². The van der Waals surface area contributed by atoms with Gasteiger partial charge in [-0.05, 0) is 51.0 Å². The second-order valence-corrected chi connectivity index (χ2v) is 7.16. The van der Waals surface area contributed by atoms with Gasteiger partial charge >= 0.3 is 5.97 Å². The molecule has 1 aromatic carbocycles. The average molecular weight is 362 g/mol. The second kappa shape index (κ2) is 8.11. The molecular formula is C18H22N2O4S. The molecule has 0 spiro atoms. The zero-order chi connectivity index (χ0) is 18.6. The van der Waals surface area contributed by atoms with Crippen molar-refractivity contribution in [2.75, 3.05) is 13.2 Å². The summed E-state index contributed by atoms with van der Waals surface area (Å²) in [7, 11) is 0. The van der Waals surface area contributed by atoms with E-state index in [2.05, 4.69) is 10.3 Å². The summed E-state index contributed by atoms with van der Waals surface area (Å²) in [6.07, 6.45) is 0.751. The molecule has 2 N–H and O–H groups in total. The van der Waals surface area contributed by atoms with Crippen LogP contribution in [0.5, 0.6) is 5.75 Å². The monoisotopic (exact) mass is 362 g/mol. The third-order valence-corrected chi connectivity index (χ3v) is 4.83. The fourth-order valence-electron chi connectivity index (χ4n) is 2.64. The van der Waals surface area contributed by atoms with Crippen molar-refractivity contribution in [2.45, 2.75) is 34.1 Å². The summed E-state index contributed by atoms with van der Waals surface area (Å²) >= 11 is 1.65. The molecule has 0 aliphatic heterocycles. The molecule has 7 heteroatoms. The largest absolute Gasteiger partial charge is 0.481 e. The second-order valence-electron chi connectivity index (χ2n) is 5.87. The summed E-state index contributed by atoms with van der Waals surface area (Å²) in [5, 5.41) is 12.7. The molecule has 1 aromatic heterocycles. The Hall–Kier alpha value is -2.41. The number of carboxylic acids is 1. The van der Waals surface area contributed by atoms with Crippen LogP contribution in [0.25, 0.3) is 0 Å². The third kappa shape index (κ3) is 5.03. The van der Waals surface area contributed by atoms with Crippen LogP contribution in [-0.4, -0.2) is 35.1 Å². The van der Waals surface area contributed by atoms with Gasteiger partial charge in [0.15, 0.2) is 6.61 Å². The van der Waals surface area contributed by atoms with E-state index in [1.54, 1.807) is 37.3 Å². The number of aryl methyl sites for hydroxylation is 4. The molecule has 6 nitrogen and oxygen atoms in total. The number of nitrogens with one attached hydrogen (secondary N) is 1. The highest BCUT2D eigenvalue weighted by Gasteiger charge is 2.13. The predicted molar refractivity (Wildman–Crippen MR) is 96.7 cm³/mol. The Morgan fingerprint density at radius 1 is 1.20 bits per heavy atom. The molecule has 1 heterocycles. The molecule has 134 valence electrons. The molecule has 0 atom stereocenters. The number of carbonyl (C=O) groups is 2. The van der Waals surface area contributed by atoms with Crippen LogP contribution in [0.4, 0.5) is 0 Å². The first-order chi connectivity index (χ1) is 11.8. The van der Waals surface area contributed by atoms with Gasteiger partial charge in [0.25, 0.3) is 5.91 Å². The Balaban J connectivity index is 1.99. The highest BCUT2D eigenvalue weighted by Crippen LogP contribution is 2.25. The Morgan fingerprint density at radius 2 is 1.84 bits per heavy atom. The minimum Gasteiger partial charge on any atom is -0.481 e. The molecule has 25 heavy (non-hydrogen) atoms. The van der Waals surface area contributed by atoms with E-state index < -0.39 is 12.6 Å². The van der Waals surface area contributed by atoms with Gasteiger partial charge in [0, 0.05) is 23.4 Å². The minimum absolute atomic E-state index is 0.158. The average Bonchev–Trinajstić information content (AvgIpc) is 2.83. The van der Waals surface area contributed by atoms with Crippen LogP contribution in [0.3, 0.4) is 0 Å². The van der Waals surface area contributed by atoms with Crippen molar-refractivity contribution in [3.8, 4) is 5.75 Å². The van der Waals surface area contributed by atoms with E-state index in [-0.39, 0.29) is 5.91 Å². The predicted octanol–water partition coefficient (Wildman–Crippen LogP) is 2.81. The molecule has 0 saturated carbocycles. The molecule has 2 rings (SSSR count). The van der Waals surface area contributed by atoms with E-state index in [0.717, 1.165) is 28.2 Å². The Morgan fingerprint density at radius 3 is 2.36 bits per heavy atom. The van der Waals surface area contributed by atoms with Gasteiger partial charge < -0.3 is 15.2 Å². The lowest BCUT2D eigenvalue weighted by Crippen LogP contribution is -2.26. The van der Waals surface area contributed by atoms with E-state index in [1.165, 1.54) is 4.88 Å². The van der Waals surface area contributed by atoms with Gasteiger partial charge in [0.1, 0.15) is 5.75 Å². The van der Waals surface area contributed by atoms with Crippen LogP contribution in [0.2, 0.25) is 0 Å². The van der Waals surface area contributed by atoms with Crippen molar-refractivity contribution < 1.29 is 19.4 Å². The quantitative estimate of drug-likeness (QED) is 0.791. The van der Waals surface area contributed by atoms with Crippen LogP contribution in [-0.2, 0) is 11.2 Å². The molecule has 0 aliphatic rings.